The van der Waals surface area contributed by atoms with Gasteiger partial charge in [0.25, 0.3) is 0 Å². The normalized spacial score (nSPS) is 22.0. The molecule has 3 aromatic rings. The molecule has 0 unspecified atom stereocenters. The Morgan fingerprint density at radius 2 is 1.96 bits per heavy atom. The molecule has 8 heteroatoms. The largest absolute Gasteiger partial charge is 0.385 e. The molecule has 0 bridgehead atoms. The fraction of sp³-hybridized carbons (Fsp3) is 0.550. The Hall–Kier alpha value is -2.06. The molecule has 4 rings (SSSR count). The highest BCUT2D eigenvalue weighted by molar-refractivity contribution is 7.90. The maximum atomic E-state index is 11.5. The van der Waals surface area contributed by atoms with Crippen molar-refractivity contribution in [3.05, 3.63) is 30.4 Å². The van der Waals surface area contributed by atoms with Gasteiger partial charge in [-0.15, -0.1) is 0 Å². The van der Waals surface area contributed by atoms with E-state index >= 15 is 0 Å². The number of sulfone groups is 1. The van der Waals surface area contributed by atoms with E-state index in [-0.39, 0.29) is 11.8 Å². The van der Waals surface area contributed by atoms with E-state index in [1.807, 2.05) is 12.1 Å². The van der Waals surface area contributed by atoms with Gasteiger partial charge in [0.05, 0.1) is 23.0 Å². The minimum atomic E-state index is -2.91. The van der Waals surface area contributed by atoms with Crippen molar-refractivity contribution in [2.45, 2.75) is 51.2 Å². The van der Waals surface area contributed by atoms with Crippen LogP contribution in [0, 0.1) is 5.92 Å². The molecule has 7 nitrogen and oxygen atoms in total. The second-order valence-corrected chi connectivity index (χ2v) is 10.2. The molecular weight excluding hydrogens is 376 g/mol. The summed E-state index contributed by atoms with van der Waals surface area (Å²) in [6, 6.07) is 4.02. The summed E-state index contributed by atoms with van der Waals surface area (Å²) in [6.07, 6.45) is 8.70. The van der Waals surface area contributed by atoms with Gasteiger partial charge in [0.2, 0.25) is 0 Å². The average molecular weight is 403 g/mol. The van der Waals surface area contributed by atoms with Crippen LogP contribution in [0.3, 0.4) is 0 Å². The summed E-state index contributed by atoms with van der Waals surface area (Å²) in [5.41, 5.74) is 3.30. The van der Waals surface area contributed by atoms with Gasteiger partial charge in [0, 0.05) is 18.5 Å². The van der Waals surface area contributed by atoms with Crippen LogP contribution < -0.4 is 0 Å². The maximum absolute atomic E-state index is 11.5. The second kappa shape index (κ2) is 7.40. The third-order valence-corrected chi connectivity index (χ3v) is 6.73. The third kappa shape index (κ3) is 3.75. The van der Waals surface area contributed by atoms with Crippen molar-refractivity contribution in [3.63, 3.8) is 0 Å². The van der Waals surface area contributed by atoms with Gasteiger partial charge in [-0.3, -0.25) is 9.97 Å². The number of pyridine rings is 2. The van der Waals surface area contributed by atoms with Crippen LogP contribution in [0.25, 0.3) is 22.1 Å². The molecule has 0 saturated heterocycles. The van der Waals surface area contributed by atoms with Crippen LogP contribution in [-0.4, -0.2) is 45.1 Å². The highest BCUT2D eigenvalue weighted by atomic mass is 32.2. The van der Waals surface area contributed by atoms with Gasteiger partial charge in [-0.05, 0) is 57.1 Å². The van der Waals surface area contributed by atoms with E-state index in [9.17, 15) is 13.5 Å². The molecular formula is C20H26N4O3S. The number of fused-ring (bicyclic) bond motifs is 3. The van der Waals surface area contributed by atoms with Gasteiger partial charge in [0.15, 0.2) is 0 Å². The molecule has 150 valence electrons. The summed E-state index contributed by atoms with van der Waals surface area (Å²) < 4.78 is 25.1. The van der Waals surface area contributed by atoms with Crippen molar-refractivity contribution in [2.24, 2.45) is 5.92 Å². The lowest BCUT2D eigenvalue weighted by Crippen LogP contribution is -2.22. The van der Waals surface area contributed by atoms with Gasteiger partial charge < -0.3 is 9.67 Å². The van der Waals surface area contributed by atoms with Crippen molar-refractivity contribution in [1.29, 1.82) is 0 Å². The molecule has 28 heavy (non-hydrogen) atoms. The number of aliphatic hydroxyl groups excluding tert-OH is 1. The molecule has 3 heterocycles. The molecule has 1 fully saturated rings. The first kappa shape index (κ1) is 19.3. The van der Waals surface area contributed by atoms with Gasteiger partial charge in [-0.25, -0.2) is 13.4 Å². The third-order valence-electron chi connectivity index (χ3n) is 5.75. The molecule has 1 aliphatic rings. The lowest BCUT2D eigenvalue weighted by Gasteiger charge is -2.31. The fourth-order valence-corrected chi connectivity index (χ4v) is 5.11. The monoisotopic (exact) mass is 402 g/mol. The van der Waals surface area contributed by atoms with Crippen molar-refractivity contribution >= 4 is 31.9 Å². The average Bonchev–Trinajstić information content (AvgIpc) is 3.07. The maximum Gasteiger partial charge on any atom is 0.147 e. The summed E-state index contributed by atoms with van der Waals surface area (Å²) in [5, 5.41) is 10.3. The summed E-state index contributed by atoms with van der Waals surface area (Å²) >= 11 is 0. The molecule has 0 aliphatic heterocycles. The predicted octanol–water partition coefficient (Wildman–Crippen LogP) is 3.20. The van der Waals surface area contributed by atoms with Gasteiger partial charge in [-0.1, -0.05) is 0 Å². The Bertz CT molecular complexity index is 1100. The number of rotatable bonds is 5. The highest BCUT2D eigenvalue weighted by Gasteiger charge is 2.28. The van der Waals surface area contributed by atoms with E-state index in [2.05, 4.69) is 19.5 Å². The first-order valence-electron chi connectivity index (χ1n) is 9.81. The predicted molar refractivity (Wildman–Crippen MR) is 109 cm³/mol. The number of nitrogens with zero attached hydrogens (tertiary/aromatic N) is 4. The molecule has 0 radical (unpaired) electrons. The number of hydrogen-bond donors (Lipinski definition) is 1. The molecule has 1 N–H and O–H groups in total. The minimum Gasteiger partial charge on any atom is -0.385 e. The molecule has 3 aromatic heterocycles. The van der Waals surface area contributed by atoms with Crippen LogP contribution in [0.15, 0.2) is 24.5 Å². The van der Waals surface area contributed by atoms with Crippen LogP contribution in [-0.2, 0) is 9.84 Å². The smallest absolute Gasteiger partial charge is 0.147 e. The lowest BCUT2D eigenvalue weighted by molar-refractivity contribution is 0.174. The minimum absolute atomic E-state index is 0.219. The van der Waals surface area contributed by atoms with E-state index < -0.39 is 15.9 Å². The van der Waals surface area contributed by atoms with Crippen LogP contribution in [0.1, 0.15) is 57.0 Å². The Kier molecular flexibility index (Phi) is 5.09. The molecule has 1 saturated carbocycles. The Morgan fingerprint density at radius 3 is 2.64 bits per heavy atom. The SMILES string of the molecule is C[C@@H](O)c1nc2cnc3cccnc3c2n1[C@H]1CC[C@H](CCS(C)(=O)=O)CC1. The lowest BCUT2D eigenvalue weighted by atomic mass is 9.84. The standard InChI is InChI=1S/C20H26N4O3S/c1-13(25)20-23-17-12-22-16-4-3-10-21-18(16)19(17)24(20)15-7-5-14(6-8-15)9-11-28(2,26)27/h3-4,10,12-15,25H,5-9,11H2,1-2H3/t13-,14-,15-/m1/s1. The van der Waals surface area contributed by atoms with E-state index in [1.165, 1.54) is 6.26 Å². The number of aliphatic hydroxyl groups is 1. The summed E-state index contributed by atoms with van der Waals surface area (Å²) in [6.45, 7) is 1.73. The highest BCUT2D eigenvalue weighted by Crippen LogP contribution is 2.38. The molecule has 1 aliphatic carbocycles. The first-order valence-corrected chi connectivity index (χ1v) is 11.9. The van der Waals surface area contributed by atoms with Crippen molar-refractivity contribution < 1.29 is 13.5 Å². The van der Waals surface area contributed by atoms with Crippen LogP contribution in [0.2, 0.25) is 0 Å². The van der Waals surface area contributed by atoms with Crippen LogP contribution in [0.5, 0.6) is 0 Å². The van der Waals surface area contributed by atoms with Crippen molar-refractivity contribution in [3.8, 4) is 0 Å². The zero-order chi connectivity index (χ0) is 19.9. The Balaban J connectivity index is 1.68. The van der Waals surface area contributed by atoms with Crippen molar-refractivity contribution in [2.75, 3.05) is 12.0 Å². The van der Waals surface area contributed by atoms with Crippen molar-refractivity contribution in [1.82, 2.24) is 19.5 Å². The van der Waals surface area contributed by atoms with E-state index in [4.69, 9.17) is 0 Å². The zero-order valence-corrected chi connectivity index (χ0v) is 17.1. The molecule has 0 aromatic carbocycles. The number of imidazole rings is 1. The second-order valence-electron chi connectivity index (χ2n) is 7.97. The van der Waals surface area contributed by atoms with Gasteiger partial charge in [-0.2, -0.15) is 0 Å². The molecule has 0 amide bonds. The molecule has 1 atom stereocenters. The number of hydrogen-bond acceptors (Lipinski definition) is 6. The van der Waals surface area contributed by atoms with Gasteiger partial charge in [0.1, 0.15) is 32.8 Å². The van der Waals surface area contributed by atoms with E-state index in [0.29, 0.717) is 11.7 Å². The Labute approximate surface area is 164 Å². The van der Waals surface area contributed by atoms with Crippen LogP contribution in [0.4, 0.5) is 0 Å². The summed E-state index contributed by atoms with van der Waals surface area (Å²) in [7, 11) is -2.91. The quantitative estimate of drug-likeness (QED) is 0.704. The van der Waals surface area contributed by atoms with Gasteiger partial charge >= 0.3 is 0 Å². The topological polar surface area (TPSA) is 98.0 Å². The summed E-state index contributed by atoms with van der Waals surface area (Å²) in [4.78, 5) is 13.6. The Morgan fingerprint density at radius 1 is 1.21 bits per heavy atom. The first-order chi connectivity index (χ1) is 13.3. The van der Waals surface area contributed by atoms with Crippen LogP contribution >= 0.6 is 0 Å². The zero-order valence-electron chi connectivity index (χ0n) is 16.2. The number of aromatic nitrogens is 4. The fourth-order valence-electron chi connectivity index (χ4n) is 4.34. The van der Waals surface area contributed by atoms with E-state index in [0.717, 1.165) is 54.2 Å². The molecule has 0 spiro atoms. The summed E-state index contributed by atoms with van der Waals surface area (Å²) in [5.74, 6) is 1.34. The van der Waals surface area contributed by atoms with E-state index in [1.54, 1.807) is 19.3 Å².